The fraction of sp³-hybridized carbons (Fsp3) is 0.188. The van der Waals surface area contributed by atoms with Crippen molar-refractivity contribution in [3.63, 3.8) is 0 Å². The van der Waals surface area contributed by atoms with Crippen LogP contribution in [0.1, 0.15) is 22.3 Å². The van der Waals surface area contributed by atoms with Crippen LogP contribution in [0.3, 0.4) is 0 Å². The molecule has 52 heavy (non-hydrogen) atoms. The molecule has 0 bridgehead atoms. The van der Waals surface area contributed by atoms with Gasteiger partial charge in [0.2, 0.25) is 0 Å². The van der Waals surface area contributed by atoms with Gasteiger partial charge in [-0.3, -0.25) is 0 Å². The van der Waals surface area contributed by atoms with Crippen molar-refractivity contribution >= 4 is 22.7 Å². The first-order valence-electron chi connectivity index (χ1n) is 13.9. The normalized spacial score (nSPS) is 14.0. The Kier molecular flexibility index (Phi) is 8.52. The minimum atomic E-state index is -5.39. The summed E-state index contributed by atoms with van der Waals surface area (Å²) >= 11 is 0. The maximum Gasteiger partial charge on any atom is 0.416 e. The Morgan fingerprint density at radius 1 is 0.481 bits per heavy atom. The first kappa shape index (κ1) is 36.7. The Morgan fingerprint density at radius 3 is 0.942 bits per heavy atom. The van der Waals surface area contributed by atoms with E-state index in [0.29, 0.717) is 24.3 Å². The van der Waals surface area contributed by atoms with Gasteiger partial charge in [0.1, 0.15) is 35.9 Å². The zero-order valence-electron chi connectivity index (χ0n) is 25.7. The number of hydrogen-bond acceptors (Lipinski definition) is 8. The number of nitrogens with one attached hydrogen (secondary N) is 2. The molecule has 3 aromatic rings. The summed E-state index contributed by atoms with van der Waals surface area (Å²) in [5, 5.41) is 43.6. The lowest BCUT2D eigenvalue weighted by atomic mass is 9.89. The summed E-state index contributed by atoms with van der Waals surface area (Å²) in [7, 11) is 2.14. The quantitative estimate of drug-likeness (QED) is 0.197. The number of halogens is 12. The summed E-state index contributed by atoms with van der Waals surface area (Å²) in [6.07, 6.45) is -21.5. The number of anilines is 4. The highest BCUT2D eigenvalue weighted by Gasteiger charge is 2.44. The molecule has 8 nitrogen and oxygen atoms in total. The second-order valence-electron chi connectivity index (χ2n) is 11.0. The fourth-order valence-corrected chi connectivity index (χ4v) is 5.75. The van der Waals surface area contributed by atoms with Gasteiger partial charge in [-0.25, -0.2) is 0 Å². The van der Waals surface area contributed by atoms with E-state index >= 15 is 0 Å². The van der Waals surface area contributed by atoms with E-state index in [9.17, 15) is 73.7 Å². The molecule has 0 unspecified atom stereocenters. The Bertz CT molecular complexity index is 2030. The highest BCUT2D eigenvalue weighted by atomic mass is 19.4. The van der Waals surface area contributed by atoms with Gasteiger partial charge in [0.05, 0.1) is 45.0 Å². The summed E-state index contributed by atoms with van der Waals surface area (Å²) in [4.78, 5) is 1.78. The largest absolute Gasteiger partial charge is 0.416 e. The Labute approximate surface area is 283 Å². The highest BCUT2D eigenvalue weighted by molar-refractivity contribution is 6.16. The molecule has 2 aliphatic heterocycles. The van der Waals surface area contributed by atoms with Crippen molar-refractivity contribution in [1.29, 1.82) is 21.0 Å². The molecule has 0 aliphatic carbocycles. The van der Waals surface area contributed by atoms with Gasteiger partial charge >= 0.3 is 24.7 Å². The van der Waals surface area contributed by atoms with Gasteiger partial charge in [-0.15, -0.1) is 0 Å². The van der Waals surface area contributed by atoms with E-state index in [2.05, 4.69) is 10.6 Å². The fourth-order valence-electron chi connectivity index (χ4n) is 5.75. The number of hydrogen-bond donors (Lipinski definition) is 2. The van der Waals surface area contributed by atoms with Crippen LogP contribution in [-0.4, -0.2) is 14.1 Å². The van der Waals surface area contributed by atoms with E-state index in [4.69, 9.17) is 0 Å². The van der Waals surface area contributed by atoms with Gasteiger partial charge in [-0.05, 0) is 47.5 Å². The lowest BCUT2D eigenvalue weighted by molar-refractivity contribution is -0.144. The minimum absolute atomic E-state index is 0.190. The smallest absolute Gasteiger partial charge is 0.338 e. The van der Waals surface area contributed by atoms with Gasteiger partial charge in [0, 0.05) is 25.2 Å². The molecule has 5 rings (SSSR count). The average Bonchev–Trinajstić information content (AvgIpc) is 3.55. The van der Waals surface area contributed by atoms with Crippen LogP contribution in [0, 0.1) is 45.3 Å². The molecule has 0 radical (unpaired) electrons. The van der Waals surface area contributed by atoms with Crippen LogP contribution in [0.15, 0.2) is 59.2 Å². The van der Waals surface area contributed by atoms with Crippen molar-refractivity contribution < 1.29 is 52.7 Å². The maximum absolute atomic E-state index is 14.1. The molecule has 0 amide bonds. The molecule has 2 N–H and O–H groups in total. The molecule has 0 aromatic heterocycles. The van der Waals surface area contributed by atoms with Crippen LogP contribution < -0.4 is 20.4 Å². The van der Waals surface area contributed by atoms with Crippen molar-refractivity contribution in [2.45, 2.75) is 24.7 Å². The molecular weight excluding hydrogens is 724 g/mol. The summed E-state index contributed by atoms with van der Waals surface area (Å²) in [5.74, 6) is -0.990. The summed E-state index contributed by atoms with van der Waals surface area (Å²) < 4.78 is 169. The van der Waals surface area contributed by atoms with E-state index in [1.807, 2.05) is 0 Å². The van der Waals surface area contributed by atoms with E-state index in [-0.39, 0.29) is 12.1 Å². The van der Waals surface area contributed by atoms with Crippen LogP contribution in [0.25, 0.3) is 22.3 Å². The third-order valence-corrected chi connectivity index (χ3v) is 7.95. The lowest BCUT2D eigenvalue weighted by Gasteiger charge is -2.25. The Balaban J connectivity index is 2.09. The summed E-state index contributed by atoms with van der Waals surface area (Å²) in [6, 6.07) is 6.83. The van der Waals surface area contributed by atoms with Crippen molar-refractivity contribution in [2.24, 2.45) is 0 Å². The third-order valence-electron chi connectivity index (χ3n) is 7.95. The van der Waals surface area contributed by atoms with E-state index in [1.54, 1.807) is 0 Å². The zero-order chi connectivity index (χ0) is 38.9. The topological polar surface area (TPSA) is 126 Å². The lowest BCUT2D eigenvalue weighted by Crippen LogP contribution is -2.18. The van der Waals surface area contributed by atoms with Gasteiger partial charge in [-0.1, -0.05) is 0 Å². The van der Waals surface area contributed by atoms with Crippen molar-refractivity contribution in [3.8, 4) is 46.5 Å². The molecule has 0 saturated carbocycles. The molecule has 2 heterocycles. The number of nitrogens with zero attached hydrogens (tertiary/aromatic N) is 6. The average molecular weight is 738 g/mol. The van der Waals surface area contributed by atoms with Crippen LogP contribution >= 0.6 is 0 Å². The van der Waals surface area contributed by atoms with Crippen molar-refractivity contribution in [2.75, 3.05) is 34.5 Å². The van der Waals surface area contributed by atoms with Crippen molar-refractivity contribution in [1.82, 2.24) is 0 Å². The highest BCUT2D eigenvalue weighted by Crippen LogP contribution is 2.61. The number of rotatable bonds is 2. The first-order chi connectivity index (χ1) is 24.0. The first-order valence-corrected chi connectivity index (χ1v) is 13.9. The molecule has 0 saturated heterocycles. The summed E-state index contributed by atoms with van der Waals surface area (Å²) in [5.41, 5.74) is -13.8. The second-order valence-corrected chi connectivity index (χ2v) is 11.0. The van der Waals surface area contributed by atoms with Gasteiger partial charge in [0.15, 0.2) is 11.1 Å². The molecule has 0 atom stereocenters. The van der Waals surface area contributed by atoms with Crippen LogP contribution in [0.4, 0.5) is 75.4 Å². The van der Waals surface area contributed by atoms with Crippen molar-refractivity contribution in [3.05, 3.63) is 81.4 Å². The Morgan fingerprint density at radius 2 is 0.731 bits per heavy atom. The number of allylic oxidation sites excluding steroid dienone is 2. The monoisotopic (exact) mass is 738 g/mol. The second kappa shape index (κ2) is 12.1. The van der Waals surface area contributed by atoms with E-state index < -0.39 is 115 Å². The van der Waals surface area contributed by atoms with E-state index in [0.717, 1.165) is 23.9 Å². The van der Waals surface area contributed by atoms with Gasteiger partial charge in [0.25, 0.3) is 0 Å². The van der Waals surface area contributed by atoms with Crippen LogP contribution in [0.5, 0.6) is 0 Å². The number of nitriles is 4. The molecule has 2 aliphatic rings. The molecule has 20 heteroatoms. The van der Waals surface area contributed by atoms with Gasteiger partial charge < -0.3 is 20.4 Å². The molecule has 3 aromatic carbocycles. The Hall–Kier alpha value is -6.54. The van der Waals surface area contributed by atoms with E-state index in [1.165, 1.54) is 24.3 Å². The zero-order valence-corrected chi connectivity index (χ0v) is 25.7. The predicted molar refractivity (Wildman–Crippen MR) is 158 cm³/mol. The molecule has 0 spiro atoms. The maximum atomic E-state index is 14.1. The molecular formula is C32H14F12N8. The SMILES string of the molecule is CN1C(=C(C#N)C#N)Nc2c(-c3cc(C(F)(F)F)cc(C(F)(F)F)c3)c3c(c(-c4cc(C(F)(F)F)cc(C(F)(F)F)c4)c21)NC(=C(C#N)C#N)N3C. The summed E-state index contributed by atoms with van der Waals surface area (Å²) in [6.45, 7) is 0. The third kappa shape index (κ3) is 6.09. The minimum Gasteiger partial charge on any atom is -0.338 e. The van der Waals surface area contributed by atoms with Crippen LogP contribution in [0.2, 0.25) is 0 Å². The van der Waals surface area contributed by atoms with Gasteiger partial charge in [-0.2, -0.15) is 73.7 Å². The predicted octanol–water partition coefficient (Wildman–Crippen LogP) is 9.34. The number of benzene rings is 3. The standard InChI is InChI=1S/C32H14F12N8/c1-51-25-21(13-3-17(29(33,34)35)7-18(4-13)30(36,37)38)24-26(52(2)28(50-24)16(11-47)12-48)22(23(25)49-27(51)15(9-45)10-46)14-5-19(31(39,40)41)8-20(6-14)32(42,43)44/h3-8,49-50H,1-2H3. The van der Waals surface area contributed by atoms with Crippen LogP contribution in [-0.2, 0) is 24.7 Å². The number of alkyl halides is 12. The molecule has 0 fully saturated rings. The number of fused-ring (bicyclic) bond motifs is 2. The molecule has 266 valence electrons.